The van der Waals surface area contributed by atoms with Gasteiger partial charge in [-0.25, -0.2) is 0 Å². The third kappa shape index (κ3) is 6.04. The first-order valence-corrected chi connectivity index (χ1v) is 8.39. The van der Waals surface area contributed by atoms with Crippen molar-refractivity contribution in [1.29, 1.82) is 5.26 Å². The summed E-state index contributed by atoms with van der Waals surface area (Å²) in [6.07, 6.45) is 5.40. The first-order valence-electron chi connectivity index (χ1n) is 8.39. The summed E-state index contributed by atoms with van der Waals surface area (Å²) in [5.41, 5.74) is 2.02. The van der Waals surface area contributed by atoms with Crippen molar-refractivity contribution in [1.82, 2.24) is 15.6 Å². The van der Waals surface area contributed by atoms with Crippen LogP contribution in [0.1, 0.15) is 11.1 Å². The van der Waals surface area contributed by atoms with Crippen LogP contribution < -0.4 is 20.1 Å². The first-order chi connectivity index (χ1) is 13.2. The van der Waals surface area contributed by atoms with Crippen molar-refractivity contribution in [2.75, 3.05) is 20.8 Å². The van der Waals surface area contributed by atoms with Gasteiger partial charge in [0.1, 0.15) is 11.6 Å². The Morgan fingerprint density at radius 3 is 2.56 bits per heavy atom. The fourth-order valence-corrected chi connectivity index (χ4v) is 2.37. The van der Waals surface area contributed by atoms with Gasteiger partial charge >= 0.3 is 0 Å². The van der Waals surface area contributed by atoms with Crippen LogP contribution in [0.3, 0.4) is 0 Å². The summed E-state index contributed by atoms with van der Waals surface area (Å²) >= 11 is 0. The zero-order valence-corrected chi connectivity index (χ0v) is 15.4. The van der Waals surface area contributed by atoms with Gasteiger partial charge < -0.3 is 20.1 Å². The molecule has 0 fully saturated rings. The highest BCUT2D eigenvalue weighted by Gasteiger charge is 2.09. The van der Waals surface area contributed by atoms with Gasteiger partial charge in [0.25, 0.3) is 5.91 Å². The summed E-state index contributed by atoms with van der Waals surface area (Å²) in [5.74, 6) is 0.875. The molecule has 1 aromatic carbocycles. The third-order valence-corrected chi connectivity index (χ3v) is 3.81. The molecule has 0 aliphatic heterocycles. The predicted octanol–water partition coefficient (Wildman–Crippen LogP) is 1.95. The number of hydrogen-bond donors (Lipinski definition) is 2. The van der Waals surface area contributed by atoms with E-state index in [9.17, 15) is 10.1 Å². The Hall–Kier alpha value is -3.53. The molecule has 0 spiro atoms. The van der Waals surface area contributed by atoms with Gasteiger partial charge in [0.15, 0.2) is 11.5 Å². The number of pyridine rings is 1. The van der Waals surface area contributed by atoms with Crippen molar-refractivity contribution >= 4 is 5.91 Å². The molecular formula is C20H22N4O3. The number of aromatic nitrogens is 1. The third-order valence-electron chi connectivity index (χ3n) is 3.81. The molecule has 0 unspecified atom stereocenters. The quantitative estimate of drug-likeness (QED) is 0.520. The summed E-state index contributed by atoms with van der Waals surface area (Å²) in [4.78, 5) is 16.1. The molecule has 0 saturated carbocycles. The molecule has 27 heavy (non-hydrogen) atoms. The molecule has 1 aromatic heterocycles. The summed E-state index contributed by atoms with van der Waals surface area (Å²) in [5, 5.41) is 14.9. The van der Waals surface area contributed by atoms with E-state index >= 15 is 0 Å². The van der Waals surface area contributed by atoms with Crippen LogP contribution in [0.25, 0.3) is 0 Å². The average molecular weight is 366 g/mol. The van der Waals surface area contributed by atoms with E-state index in [0.29, 0.717) is 31.0 Å². The zero-order valence-electron chi connectivity index (χ0n) is 15.4. The number of nitrogens with one attached hydrogen (secondary N) is 2. The molecule has 0 aliphatic carbocycles. The maximum atomic E-state index is 12.1. The van der Waals surface area contributed by atoms with Crippen LogP contribution in [0.4, 0.5) is 0 Å². The lowest BCUT2D eigenvalue weighted by atomic mass is 10.1. The van der Waals surface area contributed by atoms with Crippen molar-refractivity contribution in [2.45, 2.75) is 13.0 Å². The molecule has 0 aliphatic rings. The SMILES string of the molecule is COc1ccc(CCNC(=O)/C(C#N)=C\NCc2ccncc2)cc1OC. The number of carbonyl (C=O) groups excluding carboxylic acids is 1. The normalized spacial score (nSPS) is 10.6. The largest absolute Gasteiger partial charge is 0.493 e. The van der Waals surface area contributed by atoms with Gasteiger partial charge in [-0.3, -0.25) is 9.78 Å². The fraction of sp³-hybridized carbons (Fsp3) is 0.250. The molecule has 0 saturated heterocycles. The Bertz CT molecular complexity index is 829. The molecule has 0 atom stereocenters. The fourth-order valence-electron chi connectivity index (χ4n) is 2.37. The monoisotopic (exact) mass is 366 g/mol. The van der Waals surface area contributed by atoms with Crippen molar-refractivity contribution in [2.24, 2.45) is 0 Å². The van der Waals surface area contributed by atoms with Crippen LogP contribution in [0.15, 0.2) is 54.5 Å². The number of amides is 1. The molecule has 2 rings (SSSR count). The maximum Gasteiger partial charge on any atom is 0.263 e. The van der Waals surface area contributed by atoms with E-state index in [1.54, 1.807) is 26.6 Å². The lowest BCUT2D eigenvalue weighted by molar-refractivity contribution is -0.117. The van der Waals surface area contributed by atoms with E-state index in [0.717, 1.165) is 11.1 Å². The predicted molar refractivity (Wildman–Crippen MR) is 101 cm³/mol. The zero-order chi connectivity index (χ0) is 19.5. The second-order valence-electron chi connectivity index (χ2n) is 5.60. The van der Waals surface area contributed by atoms with E-state index in [4.69, 9.17) is 9.47 Å². The Kier molecular flexibility index (Phi) is 7.67. The minimum Gasteiger partial charge on any atom is -0.493 e. The maximum absolute atomic E-state index is 12.1. The van der Waals surface area contributed by atoms with E-state index in [1.165, 1.54) is 6.20 Å². The molecule has 2 N–H and O–H groups in total. The molecule has 1 amide bonds. The molecular weight excluding hydrogens is 344 g/mol. The van der Waals surface area contributed by atoms with Crippen molar-refractivity contribution in [3.63, 3.8) is 0 Å². The van der Waals surface area contributed by atoms with E-state index in [-0.39, 0.29) is 5.57 Å². The molecule has 0 bridgehead atoms. The Morgan fingerprint density at radius 2 is 1.89 bits per heavy atom. The molecule has 7 heteroatoms. The molecule has 2 aromatic rings. The molecule has 0 radical (unpaired) electrons. The van der Waals surface area contributed by atoms with Crippen molar-refractivity contribution in [3.05, 3.63) is 65.6 Å². The van der Waals surface area contributed by atoms with Crippen LogP contribution in [-0.4, -0.2) is 31.7 Å². The minimum atomic E-state index is -0.416. The van der Waals surface area contributed by atoms with Crippen molar-refractivity contribution < 1.29 is 14.3 Å². The van der Waals surface area contributed by atoms with E-state index in [2.05, 4.69) is 15.6 Å². The van der Waals surface area contributed by atoms with Gasteiger partial charge in [0.2, 0.25) is 0 Å². The van der Waals surface area contributed by atoms with Gasteiger partial charge in [-0.2, -0.15) is 5.26 Å². The summed E-state index contributed by atoms with van der Waals surface area (Å²) in [6.45, 7) is 0.907. The van der Waals surface area contributed by atoms with E-state index < -0.39 is 5.91 Å². The average Bonchev–Trinajstić information content (AvgIpc) is 2.71. The number of carbonyl (C=O) groups is 1. The molecule has 140 valence electrons. The number of ether oxygens (including phenoxy) is 2. The van der Waals surface area contributed by atoms with E-state index in [1.807, 2.05) is 36.4 Å². The molecule has 1 heterocycles. The van der Waals surface area contributed by atoms with Gasteiger partial charge in [-0.05, 0) is 41.8 Å². The number of benzene rings is 1. The second kappa shape index (κ2) is 10.5. The number of rotatable bonds is 9. The number of nitriles is 1. The topological polar surface area (TPSA) is 96.3 Å². The number of hydrogen-bond acceptors (Lipinski definition) is 6. The molecule has 7 nitrogen and oxygen atoms in total. The van der Waals surface area contributed by atoms with Crippen molar-refractivity contribution in [3.8, 4) is 17.6 Å². The Balaban J connectivity index is 1.84. The van der Waals surface area contributed by atoms with Crippen LogP contribution in [0.5, 0.6) is 11.5 Å². The summed E-state index contributed by atoms with van der Waals surface area (Å²) in [6, 6.07) is 11.2. The highest BCUT2D eigenvalue weighted by molar-refractivity contribution is 5.97. The van der Waals surface area contributed by atoms with Gasteiger partial charge in [0.05, 0.1) is 14.2 Å². The highest BCUT2D eigenvalue weighted by atomic mass is 16.5. The second-order valence-corrected chi connectivity index (χ2v) is 5.60. The van der Waals surface area contributed by atoms with Gasteiger partial charge in [0, 0.05) is 31.7 Å². The van der Waals surface area contributed by atoms with Crippen LogP contribution in [0, 0.1) is 11.3 Å². The Labute approximate surface area is 158 Å². The first kappa shape index (κ1) is 19.8. The van der Waals surface area contributed by atoms with Gasteiger partial charge in [-0.1, -0.05) is 6.07 Å². The van der Waals surface area contributed by atoms with Crippen LogP contribution in [-0.2, 0) is 17.8 Å². The smallest absolute Gasteiger partial charge is 0.263 e. The number of methoxy groups -OCH3 is 2. The summed E-state index contributed by atoms with van der Waals surface area (Å²) < 4.78 is 10.5. The van der Waals surface area contributed by atoms with Crippen LogP contribution >= 0.6 is 0 Å². The lowest BCUT2D eigenvalue weighted by Crippen LogP contribution is -2.27. The standard InChI is InChI=1S/C20H22N4O3/c1-26-18-4-3-15(11-19(18)27-2)7-10-24-20(25)17(12-21)14-23-13-16-5-8-22-9-6-16/h3-6,8-9,11,14,23H,7,10,13H2,1-2H3,(H,24,25)/b17-14-. The van der Waals surface area contributed by atoms with Crippen LogP contribution in [0.2, 0.25) is 0 Å². The highest BCUT2D eigenvalue weighted by Crippen LogP contribution is 2.27. The Morgan fingerprint density at radius 1 is 1.15 bits per heavy atom. The summed E-state index contributed by atoms with van der Waals surface area (Å²) in [7, 11) is 3.16. The lowest BCUT2D eigenvalue weighted by Gasteiger charge is -2.10. The van der Waals surface area contributed by atoms with Gasteiger partial charge in [-0.15, -0.1) is 0 Å². The minimum absolute atomic E-state index is 0.0244. The number of nitrogens with zero attached hydrogens (tertiary/aromatic N) is 2.